The second kappa shape index (κ2) is 32.5. The number of ether oxygens (including phenoxy) is 9. The third-order valence-electron chi connectivity index (χ3n) is 17.4. The third-order valence-corrected chi connectivity index (χ3v) is 17.4. The van der Waals surface area contributed by atoms with Gasteiger partial charge in [-0.15, -0.1) is 0 Å². The number of methoxy groups -OCH3 is 6. The molecular formula is C72H114N6O12. The average Bonchev–Trinajstić information content (AvgIpc) is 0.721. The van der Waals surface area contributed by atoms with Gasteiger partial charge in [0.1, 0.15) is 36.3 Å². The van der Waals surface area contributed by atoms with E-state index in [2.05, 4.69) is 14.7 Å². The third kappa shape index (κ3) is 17.5. The van der Waals surface area contributed by atoms with Gasteiger partial charge in [0, 0.05) is 123 Å². The zero-order valence-corrected chi connectivity index (χ0v) is 53.2. The Morgan fingerprint density at radius 3 is 0.944 bits per heavy atom. The van der Waals surface area contributed by atoms with E-state index in [0.717, 1.165) is 28.7 Å². The number of piperidine rings is 3. The summed E-state index contributed by atoms with van der Waals surface area (Å²) in [5, 5.41) is 0. The van der Waals surface area contributed by atoms with Crippen LogP contribution in [0.25, 0.3) is 0 Å². The Labute approximate surface area is 585 Å². The standard InChI is InChI=1S/3C24H38N2O4/c3*1-14(2)9-17-13-26-8-7-16-10-21(28-5)22(29-6)11-18(16)19(26)12-20(17)30-24(27)23(25)15(3)4/h3*10-11,14-15,17,19-20,23H,7-9,12-13,25H2,1-6H3/t3*17?,19?,20?,23-/m000/s1/i2*3D3,4D3,5D3,15D,20D,23D;3D3,4D3,15D,20D,23D. The largest absolute Gasteiger partial charge is 0.493 e. The van der Waals surface area contributed by atoms with E-state index in [4.69, 9.17) is 101 Å². The van der Waals surface area contributed by atoms with Crippen molar-refractivity contribution < 1.29 is 102 Å². The van der Waals surface area contributed by atoms with Crippen LogP contribution in [0.1, 0.15) is 218 Å². The lowest BCUT2D eigenvalue weighted by atomic mass is 9.79. The Morgan fingerprint density at radius 2 is 0.711 bits per heavy atom. The maximum Gasteiger partial charge on any atom is 0.323 e. The Balaban J connectivity index is 0.000000254. The fourth-order valence-electron chi connectivity index (χ4n) is 13.2. The summed E-state index contributed by atoms with van der Waals surface area (Å²) in [6.07, 6.45) is -3.41. The molecule has 9 rings (SSSR count). The predicted octanol–water partition coefficient (Wildman–Crippen LogP) is 10.7. The molecule has 0 saturated carbocycles. The second-order valence-electron chi connectivity index (χ2n) is 24.8. The number of nitrogens with zero attached hydrogens (tertiary/aromatic N) is 3. The number of fused-ring (bicyclic) bond motifs is 9. The molecule has 18 heteroatoms. The highest BCUT2D eigenvalue weighted by atomic mass is 16.6. The molecule has 0 bridgehead atoms. The smallest absolute Gasteiger partial charge is 0.323 e. The van der Waals surface area contributed by atoms with E-state index in [1.54, 1.807) is 24.3 Å². The van der Waals surface area contributed by atoms with Crippen molar-refractivity contribution in [1.82, 2.24) is 14.7 Å². The predicted molar refractivity (Wildman–Crippen MR) is 353 cm³/mol. The Hall–Kier alpha value is -5.37. The van der Waals surface area contributed by atoms with Crippen molar-refractivity contribution in [2.75, 3.05) is 81.8 Å². The molecule has 18 nitrogen and oxygen atoms in total. The van der Waals surface area contributed by atoms with Gasteiger partial charge in [-0.05, 0) is 144 Å². The molecule has 3 aromatic rings. The van der Waals surface area contributed by atoms with Crippen LogP contribution in [0.2, 0.25) is 0 Å². The molecule has 90 heavy (non-hydrogen) atoms. The molecule has 3 saturated heterocycles. The van der Waals surface area contributed by atoms with Crippen molar-refractivity contribution >= 4 is 17.9 Å². The Kier molecular flexibility index (Phi) is 14.0. The molecule has 504 valence electrons. The summed E-state index contributed by atoms with van der Waals surface area (Å²) in [5.41, 5.74) is 22.0. The average molecular weight is 1290 g/mol. The van der Waals surface area contributed by atoms with Gasteiger partial charge in [0.05, 0.1) is 59.0 Å². The van der Waals surface area contributed by atoms with E-state index in [1.807, 2.05) is 53.7 Å². The number of rotatable bonds is 21. The first-order valence-electron chi connectivity index (χ1n) is 46.8. The van der Waals surface area contributed by atoms with E-state index in [-0.39, 0.29) is 79.1 Å². The summed E-state index contributed by atoms with van der Waals surface area (Å²) >= 11 is 0. The molecule has 12 atom stereocenters. The maximum atomic E-state index is 13.4. The van der Waals surface area contributed by atoms with Crippen molar-refractivity contribution in [3.8, 4) is 34.5 Å². The van der Waals surface area contributed by atoms with Crippen LogP contribution in [0.5, 0.6) is 34.5 Å². The van der Waals surface area contributed by atoms with Crippen molar-refractivity contribution in [1.29, 1.82) is 0 Å². The van der Waals surface area contributed by atoms with Gasteiger partial charge in [-0.2, -0.15) is 0 Å². The lowest BCUT2D eigenvalue weighted by Gasteiger charge is -2.47. The summed E-state index contributed by atoms with van der Waals surface area (Å²) in [4.78, 5) is 46.6. The van der Waals surface area contributed by atoms with Crippen LogP contribution in [0.3, 0.4) is 0 Å². The van der Waals surface area contributed by atoms with Crippen molar-refractivity contribution in [3.05, 3.63) is 69.8 Å². The highest BCUT2D eigenvalue weighted by molar-refractivity contribution is 5.77. The SMILES string of the molecule is [2H]C([2H])([2H])Oc1cc2c(cc1OC)C1CC([2H])(OC(=O)[C@@]([2H])(N)C([2H])(C([2H])([2H])[2H])C([2H])([2H])[2H])C(CC(C)C)CN1CC2.[2H]C([2H])([2H])Oc1cc2c(cc1OC)C1CC([2H])(OC(=O)[C@@]([2H])(N)C([2H])(C([2H])([2H])[2H])C([2H])([2H])[2H])C(CC(C)C)CN1CC2.[2H]C1(OC(=O)[C@@]([2H])(N)C([2H])(C([2H])([2H])[2H])C([2H])([2H])[2H])CC2c3cc(OC)c(OC)cc3CCN2CC1CC(C)C. The topological polar surface area (TPSA) is 222 Å². The fourth-order valence-corrected chi connectivity index (χ4v) is 13.2. The summed E-state index contributed by atoms with van der Waals surface area (Å²) in [6.45, 7) is -7.73. The van der Waals surface area contributed by atoms with E-state index in [9.17, 15) is 18.5 Å². The van der Waals surface area contributed by atoms with Crippen LogP contribution >= 0.6 is 0 Å². The van der Waals surface area contributed by atoms with Crippen molar-refractivity contribution in [2.45, 2.75) is 195 Å². The number of benzene rings is 3. The van der Waals surface area contributed by atoms with Crippen LogP contribution in [0.4, 0.5) is 0 Å². The highest BCUT2D eigenvalue weighted by Gasteiger charge is 2.45. The number of carbonyl (C=O) groups is 3. The van der Waals surface area contributed by atoms with E-state index < -0.39 is 157 Å². The first-order chi connectivity index (χ1) is 55.5. The molecule has 0 spiro atoms. The maximum absolute atomic E-state index is 13.4. The van der Waals surface area contributed by atoms with Gasteiger partial charge in [0.2, 0.25) is 0 Å². The molecule has 6 aliphatic rings. The van der Waals surface area contributed by atoms with Crippen LogP contribution in [0, 0.1) is 53.2 Å². The van der Waals surface area contributed by atoms with Gasteiger partial charge in [0.25, 0.3) is 0 Å². The van der Waals surface area contributed by atoms with Crippen LogP contribution < -0.4 is 45.6 Å². The van der Waals surface area contributed by atoms with Gasteiger partial charge in [-0.1, -0.05) is 82.7 Å². The Bertz CT molecular complexity index is 4030. The van der Waals surface area contributed by atoms with E-state index >= 15 is 0 Å². The van der Waals surface area contributed by atoms with Crippen LogP contribution in [0.15, 0.2) is 36.4 Å². The summed E-state index contributed by atoms with van der Waals surface area (Å²) in [5.74, 6) is -16.7. The number of hydrogen-bond donors (Lipinski definition) is 3. The summed E-state index contributed by atoms with van der Waals surface area (Å²) in [7, 11) is 0.312. The molecule has 3 fully saturated rings. The minimum Gasteiger partial charge on any atom is -0.493 e. The molecule has 6 heterocycles. The molecule has 0 amide bonds. The van der Waals surface area contributed by atoms with Crippen molar-refractivity contribution in [2.24, 2.45) is 70.4 Å². The summed E-state index contributed by atoms with van der Waals surface area (Å²) < 4.78 is 309. The summed E-state index contributed by atoms with van der Waals surface area (Å²) in [6, 6.07) is -2.10. The van der Waals surface area contributed by atoms with Crippen LogP contribution in [-0.4, -0.2) is 151 Å². The Morgan fingerprint density at radius 1 is 0.456 bits per heavy atom. The fraction of sp³-hybridized carbons (Fsp3) is 0.708. The molecule has 0 aliphatic carbocycles. The monoisotopic (exact) mass is 1290 g/mol. The lowest BCUT2D eigenvalue weighted by Crippen LogP contribution is -2.51. The molecule has 3 aromatic carbocycles. The van der Waals surface area contributed by atoms with Gasteiger partial charge in [0.15, 0.2) is 34.5 Å². The number of carbonyl (C=O) groups excluding carboxylic acids is 3. The van der Waals surface area contributed by atoms with Gasteiger partial charge >= 0.3 is 17.9 Å². The minimum absolute atomic E-state index is 0.0185. The first kappa shape index (κ1) is 38.7. The van der Waals surface area contributed by atoms with Gasteiger partial charge in [-0.3, -0.25) is 29.1 Å². The molecule has 9 unspecified atom stereocenters. The van der Waals surface area contributed by atoms with Crippen LogP contribution in [-0.2, 0) is 47.9 Å². The van der Waals surface area contributed by atoms with E-state index in [1.165, 1.54) is 28.4 Å². The normalized spacial score (nSPS) is 35.3. The molecule has 6 N–H and O–H groups in total. The number of esters is 3. The first-order valence-corrected chi connectivity index (χ1v) is 30.3. The zero-order chi connectivity index (χ0) is 94.3. The molecular weight excluding hydrogens is 1140 g/mol. The molecule has 0 radical (unpaired) electrons. The second-order valence-corrected chi connectivity index (χ2v) is 24.8. The molecule has 6 aliphatic heterocycles. The molecule has 0 aromatic heterocycles. The minimum atomic E-state index is -3.75. The van der Waals surface area contributed by atoms with E-state index in [0.29, 0.717) is 80.9 Å². The quantitative estimate of drug-likeness (QED) is 0.0666. The highest BCUT2D eigenvalue weighted by Crippen LogP contribution is 2.48. The number of hydrogen-bond acceptors (Lipinski definition) is 18. The van der Waals surface area contributed by atoms with Gasteiger partial charge < -0.3 is 59.8 Å². The van der Waals surface area contributed by atoms with Crippen molar-refractivity contribution in [3.63, 3.8) is 0 Å². The lowest BCUT2D eigenvalue weighted by molar-refractivity contribution is -0.161. The zero-order valence-electron chi connectivity index (χ0n) is 86.2. The van der Waals surface area contributed by atoms with Gasteiger partial charge in [-0.25, -0.2) is 0 Å². The number of nitrogens with two attached hydrogens (primary N) is 3.